The van der Waals surface area contributed by atoms with Gasteiger partial charge in [0, 0.05) is 6.26 Å². The van der Waals surface area contributed by atoms with Gasteiger partial charge in [0.05, 0.1) is 42.3 Å². The number of guanidine groups is 1. The van der Waals surface area contributed by atoms with E-state index in [1.165, 1.54) is 5.96 Å². The minimum absolute atomic E-state index is 0.500. The highest BCUT2D eigenvalue weighted by molar-refractivity contribution is 5.73. The van der Waals surface area contributed by atoms with Crippen LogP contribution in [0.25, 0.3) is 0 Å². The van der Waals surface area contributed by atoms with Crippen molar-refractivity contribution < 1.29 is 9.68 Å². The molecular weight excluding hydrogens is 168 g/mol. The summed E-state index contributed by atoms with van der Waals surface area (Å²) < 4.78 is 2.08. The normalized spacial score (nSPS) is 7.46. The molecule has 0 amide bonds. The van der Waals surface area contributed by atoms with E-state index in [0.29, 0.717) is 6.26 Å². The third kappa shape index (κ3) is 6.94. The fraction of sp³-hybridized carbons (Fsp3) is 0.750. The highest BCUT2D eigenvalue weighted by atomic mass is 16.2. The maximum atomic E-state index is 8.24. The van der Waals surface area contributed by atoms with Crippen molar-refractivity contribution in [2.45, 2.75) is 0 Å². The molecule has 0 radical (unpaired) electrons. The van der Waals surface area contributed by atoms with Gasteiger partial charge < -0.3 is 5.11 Å². The summed E-state index contributed by atoms with van der Waals surface area (Å²) in [7, 11) is 12.2. The van der Waals surface area contributed by atoms with Crippen molar-refractivity contribution in [2.75, 3.05) is 42.3 Å². The Morgan fingerprint density at radius 2 is 1.38 bits per heavy atom. The summed E-state index contributed by atoms with van der Waals surface area (Å²) in [4.78, 5) is 4.17. The highest BCUT2D eigenvalue weighted by Gasteiger charge is 2.12. The Kier molecular flexibility index (Phi) is 7.84. The van der Waals surface area contributed by atoms with Gasteiger partial charge in [-0.2, -0.15) is 0 Å². The minimum atomic E-state index is 0.500. The molecule has 0 unspecified atom stereocenters. The molecule has 0 rings (SSSR count). The van der Waals surface area contributed by atoms with E-state index >= 15 is 0 Å². The summed E-state index contributed by atoms with van der Waals surface area (Å²) >= 11 is 0. The molecule has 13 heavy (non-hydrogen) atoms. The molecule has 5 heteroatoms. The van der Waals surface area contributed by atoms with Crippen molar-refractivity contribution in [3.05, 3.63) is 0 Å². The molecule has 0 aliphatic carbocycles. The standard InChI is InChI=1S/C7H18N3.CHNO/c1-8(2)7(9(3)4)10(5)6;2-1-3/h1-6H3;3H/q+1;/p-1. The second kappa shape index (κ2) is 7.22. The first-order valence-electron chi connectivity index (χ1n) is 3.78. The largest absolute Gasteiger partial charge is 0.812 e. The fourth-order valence-corrected chi connectivity index (χ4v) is 1.20. The number of hydrogen-bond donors (Lipinski definition) is 0. The number of hydrogen-bond acceptors (Lipinski definition) is 2. The third-order valence-electron chi connectivity index (χ3n) is 1.20. The van der Waals surface area contributed by atoms with Gasteiger partial charge in [0.15, 0.2) is 0 Å². The van der Waals surface area contributed by atoms with Gasteiger partial charge in [-0.3, -0.25) is 14.4 Å². The van der Waals surface area contributed by atoms with Crippen molar-refractivity contribution in [1.82, 2.24) is 9.80 Å². The van der Waals surface area contributed by atoms with Gasteiger partial charge in [0.2, 0.25) is 0 Å². The van der Waals surface area contributed by atoms with E-state index in [1.54, 1.807) is 0 Å². The van der Waals surface area contributed by atoms with E-state index in [4.69, 9.17) is 10.4 Å². The molecule has 0 N–H and O–H groups in total. The molecule has 0 aromatic rings. The van der Waals surface area contributed by atoms with Crippen LogP contribution in [0, 0.1) is 11.5 Å². The van der Waals surface area contributed by atoms with E-state index in [0.717, 1.165) is 0 Å². The van der Waals surface area contributed by atoms with Gasteiger partial charge >= 0.3 is 5.96 Å². The molecule has 0 saturated carbocycles. The highest BCUT2D eigenvalue weighted by Crippen LogP contribution is 1.84. The molecule has 0 atom stereocenters. The van der Waals surface area contributed by atoms with Crippen molar-refractivity contribution in [1.29, 1.82) is 5.26 Å². The summed E-state index contributed by atoms with van der Waals surface area (Å²) in [6, 6.07) is 0. The first kappa shape index (κ1) is 14.1. The lowest BCUT2D eigenvalue weighted by atomic mass is 10.7. The quantitative estimate of drug-likeness (QED) is 0.201. The van der Waals surface area contributed by atoms with Crippen LogP contribution in [0.4, 0.5) is 0 Å². The van der Waals surface area contributed by atoms with Gasteiger partial charge in [-0.15, -0.1) is 0 Å². The zero-order valence-electron chi connectivity index (χ0n) is 9.20. The monoisotopic (exact) mass is 186 g/mol. The Labute approximate surface area is 80.1 Å². The molecule has 0 saturated heterocycles. The van der Waals surface area contributed by atoms with Crippen LogP contribution in [0.2, 0.25) is 0 Å². The summed E-state index contributed by atoms with van der Waals surface area (Å²) in [5, 5.41) is 15.0. The Bertz CT molecular complexity index is 189. The van der Waals surface area contributed by atoms with Crippen molar-refractivity contribution in [3.8, 4) is 6.26 Å². The lowest BCUT2D eigenvalue weighted by Crippen LogP contribution is -2.40. The topological polar surface area (TPSA) is 56.3 Å². The van der Waals surface area contributed by atoms with E-state index in [-0.39, 0.29) is 0 Å². The predicted molar refractivity (Wildman–Crippen MR) is 50.1 cm³/mol. The maximum absolute atomic E-state index is 8.24. The average molecular weight is 186 g/mol. The van der Waals surface area contributed by atoms with Gasteiger partial charge in [0.25, 0.3) is 0 Å². The first-order valence-corrected chi connectivity index (χ1v) is 3.78. The number of nitrogens with zero attached hydrogens (tertiary/aromatic N) is 4. The Balaban J connectivity index is 0. The fourth-order valence-electron chi connectivity index (χ4n) is 1.20. The molecule has 0 spiro atoms. The molecule has 0 bridgehead atoms. The van der Waals surface area contributed by atoms with E-state index in [2.05, 4.69) is 14.4 Å². The number of rotatable bonds is 0. The predicted octanol–water partition coefficient (Wildman–Crippen LogP) is -1.43. The van der Waals surface area contributed by atoms with Crippen molar-refractivity contribution in [2.24, 2.45) is 0 Å². The lowest BCUT2D eigenvalue weighted by Gasteiger charge is -2.16. The van der Waals surface area contributed by atoms with E-state index < -0.39 is 0 Å². The number of nitriles is 1. The van der Waals surface area contributed by atoms with Crippen LogP contribution in [-0.2, 0) is 0 Å². The van der Waals surface area contributed by atoms with Gasteiger partial charge in [-0.1, -0.05) is 0 Å². The second-order valence-electron chi connectivity index (χ2n) is 3.07. The summed E-state index contributed by atoms with van der Waals surface area (Å²) in [6.45, 7) is 0. The second-order valence-corrected chi connectivity index (χ2v) is 3.07. The summed E-state index contributed by atoms with van der Waals surface area (Å²) in [5.74, 6) is 1.19. The average Bonchev–Trinajstić information content (AvgIpc) is 1.84. The molecule has 76 valence electrons. The molecule has 0 aliphatic heterocycles. The Morgan fingerprint density at radius 3 is 1.38 bits per heavy atom. The van der Waals surface area contributed by atoms with Crippen molar-refractivity contribution in [3.63, 3.8) is 0 Å². The first-order chi connectivity index (χ1) is 5.88. The van der Waals surface area contributed by atoms with Gasteiger partial charge in [-0.25, -0.2) is 5.26 Å². The molecule has 0 fully saturated rings. The summed E-state index contributed by atoms with van der Waals surface area (Å²) in [6.07, 6.45) is 0.500. The van der Waals surface area contributed by atoms with Crippen LogP contribution in [0.15, 0.2) is 0 Å². The van der Waals surface area contributed by atoms with Crippen LogP contribution >= 0.6 is 0 Å². The van der Waals surface area contributed by atoms with Crippen LogP contribution < -0.4 is 5.11 Å². The summed E-state index contributed by atoms with van der Waals surface area (Å²) in [5.41, 5.74) is 0. The van der Waals surface area contributed by atoms with Crippen LogP contribution in [0.5, 0.6) is 0 Å². The minimum Gasteiger partial charge on any atom is -0.812 e. The van der Waals surface area contributed by atoms with Crippen molar-refractivity contribution >= 4 is 5.96 Å². The zero-order chi connectivity index (χ0) is 11.0. The Hall–Kier alpha value is -1.44. The van der Waals surface area contributed by atoms with Crippen LogP contribution in [0.3, 0.4) is 0 Å². The van der Waals surface area contributed by atoms with E-state index in [1.807, 2.05) is 42.3 Å². The zero-order valence-corrected chi connectivity index (χ0v) is 9.20. The molecular formula is C8H18N4O. The van der Waals surface area contributed by atoms with Gasteiger partial charge in [-0.05, 0) is 0 Å². The Morgan fingerprint density at radius 1 is 1.15 bits per heavy atom. The van der Waals surface area contributed by atoms with Crippen LogP contribution in [0.1, 0.15) is 0 Å². The molecule has 0 aliphatic rings. The SMILES string of the molecule is CN(C)C(N(C)C)=[N+](C)C.N#C[O-]. The smallest absolute Gasteiger partial charge is 0.349 e. The molecule has 0 aromatic carbocycles. The lowest BCUT2D eigenvalue weighted by molar-refractivity contribution is -0.475. The molecule has 5 nitrogen and oxygen atoms in total. The molecule has 0 aromatic heterocycles. The molecule has 0 heterocycles. The van der Waals surface area contributed by atoms with E-state index in [9.17, 15) is 0 Å². The third-order valence-corrected chi connectivity index (χ3v) is 1.20. The maximum Gasteiger partial charge on any atom is 0.349 e. The van der Waals surface area contributed by atoms with Gasteiger partial charge in [0.1, 0.15) is 0 Å². The van der Waals surface area contributed by atoms with Crippen LogP contribution in [-0.4, -0.2) is 62.6 Å².